The first-order valence-corrected chi connectivity index (χ1v) is 6.65. The van der Waals surface area contributed by atoms with Crippen LogP contribution in [0, 0.1) is 11.8 Å². The van der Waals surface area contributed by atoms with Crippen LogP contribution >= 0.6 is 0 Å². The van der Waals surface area contributed by atoms with E-state index < -0.39 is 0 Å². The van der Waals surface area contributed by atoms with Crippen LogP contribution < -0.4 is 11.1 Å². The minimum Gasteiger partial charge on any atom is -0.324 e. The molecule has 15 heavy (non-hydrogen) atoms. The van der Waals surface area contributed by atoms with Crippen molar-refractivity contribution in [2.24, 2.45) is 17.6 Å². The summed E-state index contributed by atoms with van der Waals surface area (Å²) in [7, 11) is 0. The quantitative estimate of drug-likeness (QED) is 0.747. The van der Waals surface area contributed by atoms with Gasteiger partial charge in [0.1, 0.15) is 0 Å². The normalized spacial score (nSPS) is 45.4. The fourth-order valence-corrected chi connectivity index (χ4v) is 3.14. The average Bonchev–Trinajstić information content (AvgIpc) is 2.93. The molecule has 0 aromatic heterocycles. The van der Waals surface area contributed by atoms with Gasteiger partial charge in [0.15, 0.2) is 0 Å². The fraction of sp³-hybridized carbons (Fsp3) is 1.00. The van der Waals surface area contributed by atoms with Crippen molar-refractivity contribution < 1.29 is 0 Å². The zero-order valence-corrected chi connectivity index (χ0v) is 10.3. The zero-order chi connectivity index (χ0) is 10.9. The first-order chi connectivity index (χ1) is 7.13. The molecule has 2 nitrogen and oxygen atoms in total. The van der Waals surface area contributed by atoms with Crippen LogP contribution in [0.4, 0.5) is 0 Å². The second-order valence-electron chi connectivity index (χ2n) is 5.96. The molecule has 2 aliphatic carbocycles. The summed E-state index contributed by atoms with van der Waals surface area (Å²) in [5.74, 6) is 1.77. The molecule has 0 amide bonds. The average molecular weight is 210 g/mol. The van der Waals surface area contributed by atoms with Crippen molar-refractivity contribution in [1.29, 1.82) is 0 Å². The number of rotatable bonds is 4. The lowest BCUT2D eigenvalue weighted by atomic mass is 9.77. The van der Waals surface area contributed by atoms with Gasteiger partial charge in [-0.05, 0) is 31.1 Å². The highest BCUT2D eigenvalue weighted by atomic mass is 15.0. The molecule has 2 heteroatoms. The van der Waals surface area contributed by atoms with E-state index in [-0.39, 0.29) is 5.54 Å². The third kappa shape index (κ3) is 2.94. The van der Waals surface area contributed by atoms with E-state index in [0.717, 1.165) is 24.4 Å². The van der Waals surface area contributed by atoms with Crippen molar-refractivity contribution in [1.82, 2.24) is 5.32 Å². The largest absolute Gasteiger partial charge is 0.324 e. The molecule has 2 fully saturated rings. The van der Waals surface area contributed by atoms with Gasteiger partial charge in [-0.2, -0.15) is 0 Å². The van der Waals surface area contributed by atoms with E-state index in [1.54, 1.807) is 0 Å². The van der Waals surface area contributed by atoms with Crippen LogP contribution in [0.3, 0.4) is 0 Å². The van der Waals surface area contributed by atoms with Gasteiger partial charge in [-0.25, -0.2) is 0 Å². The van der Waals surface area contributed by atoms with Crippen LogP contribution in [0.15, 0.2) is 0 Å². The summed E-state index contributed by atoms with van der Waals surface area (Å²) in [4.78, 5) is 0. The molecule has 0 aromatic rings. The maximum atomic E-state index is 6.45. The second-order valence-corrected chi connectivity index (χ2v) is 5.96. The van der Waals surface area contributed by atoms with Crippen LogP contribution in [0.5, 0.6) is 0 Å². The second kappa shape index (κ2) is 4.42. The summed E-state index contributed by atoms with van der Waals surface area (Å²) in [5, 5.41) is 3.66. The molecule has 3 N–H and O–H groups in total. The Balaban J connectivity index is 1.73. The Morgan fingerprint density at radius 1 is 1.47 bits per heavy atom. The van der Waals surface area contributed by atoms with Gasteiger partial charge in [0.2, 0.25) is 0 Å². The minimum absolute atomic E-state index is 0.0958. The molecule has 0 spiro atoms. The number of hydrogen-bond acceptors (Lipinski definition) is 2. The monoisotopic (exact) mass is 210 g/mol. The Morgan fingerprint density at radius 2 is 2.27 bits per heavy atom. The lowest BCUT2D eigenvalue weighted by molar-refractivity contribution is 0.228. The SMILES string of the molecule is CCC1CC1NCC1(N)CCCC(C)C1. The minimum atomic E-state index is 0.0958. The molecule has 2 rings (SSSR count). The van der Waals surface area contributed by atoms with Crippen LogP contribution in [0.1, 0.15) is 52.4 Å². The summed E-state index contributed by atoms with van der Waals surface area (Å²) in [6.07, 6.45) is 7.83. The van der Waals surface area contributed by atoms with Crippen molar-refractivity contribution in [3.63, 3.8) is 0 Å². The topological polar surface area (TPSA) is 38.0 Å². The van der Waals surface area contributed by atoms with E-state index in [4.69, 9.17) is 5.73 Å². The molecule has 2 aliphatic rings. The third-order valence-corrected chi connectivity index (χ3v) is 4.29. The van der Waals surface area contributed by atoms with Gasteiger partial charge < -0.3 is 11.1 Å². The summed E-state index contributed by atoms with van der Waals surface area (Å²) >= 11 is 0. The molecule has 2 saturated carbocycles. The van der Waals surface area contributed by atoms with Gasteiger partial charge in [-0.3, -0.25) is 0 Å². The van der Waals surface area contributed by atoms with Gasteiger partial charge in [0.05, 0.1) is 0 Å². The smallest absolute Gasteiger partial charge is 0.0283 e. The van der Waals surface area contributed by atoms with Gasteiger partial charge in [0.25, 0.3) is 0 Å². The highest BCUT2D eigenvalue weighted by Crippen LogP contribution is 2.35. The van der Waals surface area contributed by atoms with E-state index in [0.29, 0.717) is 0 Å². The Morgan fingerprint density at radius 3 is 2.87 bits per heavy atom. The molecule has 0 radical (unpaired) electrons. The molecule has 0 aliphatic heterocycles. The van der Waals surface area contributed by atoms with Crippen LogP contribution in [0.2, 0.25) is 0 Å². The zero-order valence-electron chi connectivity index (χ0n) is 10.3. The highest BCUT2D eigenvalue weighted by Gasteiger charge is 2.38. The van der Waals surface area contributed by atoms with Crippen molar-refractivity contribution in [2.45, 2.75) is 64.0 Å². The maximum Gasteiger partial charge on any atom is 0.0283 e. The Kier molecular flexibility index (Phi) is 3.36. The van der Waals surface area contributed by atoms with Crippen molar-refractivity contribution in [2.75, 3.05) is 6.54 Å². The highest BCUT2D eigenvalue weighted by molar-refractivity contribution is 4.97. The molecule has 4 unspecified atom stereocenters. The molecule has 0 bridgehead atoms. The van der Waals surface area contributed by atoms with E-state index >= 15 is 0 Å². The summed E-state index contributed by atoms with van der Waals surface area (Å²) < 4.78 is 0. The van der Waals surface area contributed by atoms with Crippen LogP contribution in [-0.4, -0.2) is 18.1 Å². The Labute approximate surface area is 94.0 Å². The van der Waals surface area contributed by atoms with E-state index in [9.17, 15) is 0 Å². The van der Waals surface area contributed by atoms with E-state index in [1.807, 2.05) is 0 Å². The predicted octanol–water partition coefficient (Wildman–Crippen LogP) is 2.28. The number of nitrogens with one attached hydrogen (secondary N) is 1. The summed E-state index contributed by atoms with van der Waals surface area (Å²) in [6, 6.07) is 0.785. The lowest BCUT2D eigenvalue weighted by Crippen LogP contribution is -2.52. The van der Waals surface area contributed by atoms with Gasteiger partial charge in [-0.1, -0.05) is 33.1 Å². The molecular weight excluding hydrogens is 184 g/mol. The number of hydrogen-bond donors (Lipinski definition) is 2. The first-order valence-electron chi connectivity index (χ1n) is 6.65. The van der Waals surface area contributed by atoms with Gasteiger partial charge in [-0.15, -0.1) is 0 Å². The Hall–Kier alpha value is -0.0800. The van der Waals surface area contributed by atoms with Gasteiger partial charge >= 0.3 is 0 Å². The molecular formula is C13H26N2. The molecule has 0 heterocycles. The number of nitrogens with two attached hydrogens (primary N) is 1. The van der Waals surface area contributed by atoms with Crippen LogP contribution in [-0.2, 0) is 0 Å². The van der Waals surface area contributed by atoms with Gasteiger partial charge in [0, 0.05) is 18.1 Å². The standard InChI is InChI=1S/C13H26N2/c1-3-11-7-12(11)15-9-13(14)6-4-5-10(2)8-13/h10-12,15H,3-9,14H2,1-2H3. The molecule has 88 valence electrons. The van der Waals surface area contributed by atoms with E-state index in [1.165, 1.54) is 38.5 Å². The Bertz CT molecular complexity index is 217. The van der Waals surface area contributed by atoms with Crippen molar-refractivity contribution >= 4 is 0 Å². The molecule has 4 atom stereocenters. The maximum absolute atomic E-state index is 6.45. The van der Waals surface area contributed by atoms with Crippen molar-refractivity contribution in [3.05, 3.63) is 0 Å². The third-order valence-electron chi connectivity index (χ3n) is 4.29. The van der Waals surface area contributed by atoms with Crippen LogP contribution in [0.25, 0.3) is 0 Å². The fourth-order valence-electron chi connectivity index (χ4n) is 3.14. The summed E-state index contributed by atoms with van der Waals surface area (Å²) in [5.41, 5.74) is 6.55. The molecule has 0 saturated heterocycles. The summed E-state index contributed by atoms with van der Waals surface area (Å²) in [6.45, 7) is 5.67. The van der Waals surface area contributed by atoms with Crippen molar-refractivity contribution in [3.8, 4) is 0 Å². The predicted molar refractivity (Wildman–Crippen MR) is 64.7 cm³/mol. The van der Waals surface area contributed by atoms with E-state index in [2.05, 4.69) is 19.2 Å². The molecule has 0 aromatic carbocycles. The first kappa shape index (κ1) is 11.4. The lowest BCUT2D eigenvalue weighted by Gasteiger charge is -2.37.